The van der Waals surface area contributed by atoms with E-state index in [2.05, 4.69) is 12.7 Å². The maximum atomic E-state index is 13.1. The fourth-order valence-corrected chi connectivity index (χ4v) is 3.70. The molecular formula is C25H46N2O6. The topological polar surface area (TPSA) is 119 Å². The molecule has 1 unspecified atom stereocenters. The molecule has 33 heavy (non-hydrogen) atoms. The number of aliphatic hydroxyl groups is 1. The normalized spacial score (nSPS) is 21.9. The standard InChI is InChI=1S/C23H41NO5.C2H5NO/c1-9-11-13-17(25)15-18-16(12-10-2)14-19(20(26)28-22(3,4)5)24(18)21(27)29-23(6,7)8;1-2(3)4/h10,12,16-19,25H,9,11,13-15H2,1-8H3;1H3,(H2,3,4)/t16-,17?,18-,19-;/m1./s1. The van der Waals surface area contributed by atoms with Crippen molar-refractivity contribution < 1.29 is 29.0 Å². The molecule has 1 rings (SSSR count). The lowest BCUT2D eigenvalue weighted by Crippen LogP contribution is -2.50. The molecule has 0 saturated carbocycles. The van der Waals surface area contributed by atoms with Crippen LogP contribution in [0, 0.1) is 5.92 Å². The second kappa shape index (κ2) is 13.6. The number of primary amides is 1. The third-order valence-electron chi connectivity index (χ3n) is 4.81. The number of ether oxygens (including phenoxy) is 2. The molecule has 0 aliphatic carbocycles. The fraction of sp³-hybridized carbons (Fsp3) is 0.800. The molecule has 1 saturated heterocycles. The molecule has 1 aliphatic heterocycles. The number of hydrogen-bond donors (Lipinski definition) is 2. The molecule has 0 spiro atoms. The SMILES string of the molecule is CC(N)=O.CC=C[C@@H]1C[C@H](C(=O)OC(C)(C)C)N(C(=O)OC(C)(C)C)[C@@H]1CC(O)CCCC. The number of nitrogens with zero attached hydrogens (tertiary/aromatic N) is 1. The van der Waals surface area contributed by atoms with Crippen LogP contribution in [0.4, 0.5) is 4.79 Å². The molecule has 0 aromatic carbocycles. The Kier molecular flexibility index (Phi) is 12.7. The highest BCUT2D eigenvalue weighted by Gasteiger charge is 2.49. The van der Waals surface area contributed by atoms with Crippen LogP contribution in [-0.2, 0) is 19.1 Å². The third kappa shape index (κ3) is 12.7. The molecule has 0 aromatic rings. The van der Waals surface area contributed by atoms with Crippen LogP contribution < -0.4 is 5.73 Å². The van der Waals surface area contributed by atoms with Crippen LogP contribution in [0.5, 0.6) is 0 Å². The summed E-state index contributed by atoms with van der Waals surface area (Å²) in [6.45, 7) is 16.2. The highest BCUT2D eigenvalue weighted by Crippen LogP contribution is 2.37. The lowest BCUT2D eigenvalue weighted by atomic mass is 9.92. The number of amides is 2. The molecule has 1 heterocycles. The summed E-state index contributed by atoms with van der Waals surface area (Å²) in [7, 11) is 0. The predicted octanol–water partition coefficient (Wildman–Crippen LogP) is 4.33. The number of carbonyl (C=O) groups excluding carboxylic acids is 3. The van der Waals surface area contributed by atoms with E-state index in [9.17, 15) is 19.5 Å². The molecule has 0 radical (unpaired) electrons. The minimum atomic E-state index is -0.728. The van der Waals surface area contributed by atoms with Crippen LogP contribution in [-0.4, -0.2) is 57.4 Å². The first-order valence-electron chi connectivity index (χ1n) is 11.8. The molecular weight excluding hydrogens is 424 g/mol. The Bertz CT molecular complexity index is 659. The summed E-state index contributed by atoms with van der Waals surface area (Å²) in [5.74, 6) is -0.801. The first-order chi connectivity index (χ1) is 15.0. The Morgan fingerprint density at radius 1 is 1.12 bits per heavy atom. The predicted molar refractivity (Wildman–Crippen MR) is 129 cm³/mol. The van der Waals surface area contributed by atoms with Crippen LogP contribution in [0.15, 0.2) is 12.2 Å². The van der Waals surface area contributed by atoms with E-state index in [1.54, 1.807) is 20.8 Å². The number of likely N-dealkylation sites (tertiary alicyclic amines) is 1. The fourth-order valence-electron chi connectivity index (χ4n) is 3.70. The maximum Gasteiger partial charge on any atom is 0.411 e. The minimum absolute atomic E-state index is 0.0405. The number of unbranched alkanes of at least 4 members (excludes halogenated alkanes) is 1. The number of allylic oxidation sites excluding steroid dienone is 1. The van der Waals surface area contributed by atoms with Crippen molar-refractivity contribution in [2.75, 3.05) is 0 Å². The Morgan fingerprint density at radius 2 is 1.64 bits per heavy atom. The number of aliphatic hydroxyl groups excluding tert-OH is 1. The number of hydrogen-bond acceptors (Lipinski definition) is 6. The monoisotopic (exact) mass is 470 g/mol. The first kappa shape index (κ1) is 30.9. The van der Waals surface area contributed by atoms with Crippen LogP contribution in [0.25, 0.3) is 0 Å². The van der Waals surface area contributed by atoms with E-state index >= 15 is 0 Å². The molecule has 8 nitrogen and oxygen atoms in total. The van der Waals surface area contributed by atoms with E-state index in [0.717, 1.165) is 12.8 Å². The summed E-state index contributed by atoms with van der Waals surface area (Å²) >= 11 is 0. The van der Waals surface area contributed by atoms with Crippen molar-refractivity contribution in [2.45, 2.75) is 124 Å². The largest absolute Gasteiger partial charge is 0.458 e. The summed E-state index contributed by atoms with van der Waals surface area (Å²) in [4.78, 5) is 36.8. The molecule has 3 N–H and O–H groups in total. The van der Waals surface area contributed by atoms with Gasteiger partial charge in [0, 0.05) is 18.9 Å². The van der Waals surface area contributed by atoms with Gasteiger partial charge in [0.15, 0.2) is 0 Å². The van der Waals surface area contributed by atoms with Crippen LogP contribution >= 0.6 is 0 Å². The van der Waals surface area contributed by atoms with Gasteiger partial charge < -0.3 is 20.3 Å². The van der Waals surface area contributed by atoms with Crippen molar-refractivity contribution in [3.05, 3.63) is 12.2 Å². The van der Waals surface area contributed by atoms with Gasteiger partial charge in [0.25, 0.3) is 0 Å². The zero-order chi connectivity index (χ0) is 26.0. The smallest absolute Gasteiger partial charge is 0.411 e. The quantitative estimate of drug-likeness (QED) is 0.422. The van der Waals surface area contributed by atoms with E-state index in [1.807, 2.05) is 39.8 Å². The van der Waals surface area contributed by atoms with E-state index in [0.29, 0.717) is 19.3 Å². The van der Waals surface area contributed by atoms with Crippen molar-refractivity contribution >= 4 is 18.0 Å². The minimum Gasteiger partial charge on any atom is -0.458 e. The summed E-state index contributed by atoms with van der Waals surface area (Å²) in [5.41, 5.74) is 3.14. The van der Waals surface area contributed by atoms with E-state index in [4.69, 9.17) is 9.47 Å². The summed E-state index contributed by atoms with van der Waals surface area (Å²) in [5, 5.41) is 10.6. The number of rotatable bonds is 7. The lowest BCUT2D eigenvalue weighted by Gasteiger charge is -2.34. The molecule has 2 amide bonds. The number of nitrogens with two attached hydrogens (primary N) is 1. The second-order valence-corrected chi connectivity index (χ2v) is 10.6. The van der Waals surface area contributed by atoms with Gasteiger partial charge in [-0.3, -0.25) is 9.69 Å². The molecule has 8 heteroatoms. The van der Waals surface area contributed by atoms with Crippen LogP contribution in [0.1, 0.15) is 94.4 Å². The summed E-state index contributed by atoms with van der Waals surface area (Å²) in [6, 6.07) is -1.04. The highest BCUT2D eigenvalue weighted by atomic mass is 16.6. The van der Waals surface area contributed by atoms with Crippen molar-refractivity contribution in [2.24, 2.45) is 11.7 Å². The van der Waals surface area contributed by atoms with Gasteiger partial charge in [-0.2, -0.15) is 0 Å². The van der Waals surface area contributed by atoms with E-state index in [1.165, 1.54) is 11.8 Å². The summed E-state index contributed by atoms with van der Waals surface area (Å²) < 4.78 is 11.2. The lowest BCUT2D eigenvalue weighted by molar-refractivity contribution is -0.160. The average Bonchev–Trinajstić information content (AvgIpc) is 2.95. The van der Waals surface area contributed by atoms with Crippen LogP contribution in [0.2, 0.25) is 0 Å². The molecule has 192 valence electrons. The van der Waals surface area contributed by atoms with Gasteiger partial charge in [-0.1, -0.05) is 31.9 Å². The third-order valence-corrected chi connectivity index (χ3v) is 4.81. The second-order valence-electron chi connectivity index (χ2n) is 10.6. The zero-order valence-corrected chi connectivity index (χ0v) is 22.0. The van der Waals surface area contributed by atoms with Gasteiger partial charge in [-0.15, -0.1) is 0 Å². The molecule has 0 bridgehead atoms. The van der Waals surface area contributed by atoms with E-state index in [-0.39, 0.29) is 17.9 Å². The molecule has 1 aliphatic rings. The van der Waals surface area contributed by atoms with Gasteiger partial charge in [0.1, 0.15) is 17.2 Å². The van der Waals surface area contributed by atoms with Gasteiger partial charge in [-0.25, -0.2) is 9.59 Å². The Hall–Kier alpha value is -2.09. The van der Waals surface area contributed by atoms with E-state index < -0.39 is 35.4 Å². The van der Waals surface area contributed by atoms with Gasteiger partial charge in [0.2, 0.25) is 5.91 Å². The molecule has 4 atom stereocenters. The highest BCUT2D eigenvalue weighted by molar-refractivity contribution is 5.83. The molecule has 1 fully saturated rings. The summed E-state index contributed by atoms with van der Waals surface area (Å²) in [6.07, 6.45) is 6.34. The van der Waals surface area contributed by atoms with Crippen LogP contribution in [0.3, 0.4) is 0 Å². The first-order valence-corrected chi connectivity index (χ1v) is 11.8. The van der Waals surface area contributed by atoms with Crippen molar-refractivity contribution in [1.29, 1.82) is 0 Å². The van der Waals surface area contributed by atoms with Crippen molar-refractivity contribution in [1.82, 2.24) is 4.90 Å². The number of carbonyl (C=O) groups is 3. The number of esters is 1. The Morgan fingerprint density at radius 3 is 2.06 bits per heavy atom. The average molecular weight is 471 g/mol. The zero-order valence-electron chi connectivity index (χ0n) is 22.0. The Balaban J connectivity index is 0.00000235. The molecule has 0 aromatic heterocycles. The van der Waals surface area contributed by atoms with Crippen molar-refractivity contribution in [3.8, 4) is 0 Å². The van der Waals surface area contributed by atoms with Gasteiger partial charge in [-0.05, 0) is 67.7 Å². The van der Waals surface area contributed by atoms with Gasteiger partial charge >= 0.3 is 12.1 Å². The van der Waals surface area contributed by atoms with Gasteiger partial charge in [0.05, 0.1) is 6.10 Å². The maximum absolute atomic E-state index is 13.1. The Labute approximate surface area is 199 Å². The van der Waals surface area contributed by atoms with Crippen molar-refractivity contribution in [3.63, 3.8) is 0 Å².